The summed E-state index contributed by atoms with van der Waals surface area (Å²) in [6.07, 6.45) is 30.4. The average molecular weight is 721 g/mol. The Labute approximate surface area is 298 Å². The zero-order chi connectivity index (χ0) is 36.3. The summed E-state index contributed by atoms with van der Waals surface area (Å²) in [7, 11) is -4.61. The van der Waals surface area contributed by atoms with Gasteiger partial charge in [0.1, 0.15) is 12.7 Å². The van der Waals surface area contributed by atoms with Gasteiger partial charge in [0.25, 0.3) is 0 Å². The predicted molar refractivity (Wildman–Crippen MR) is 196 cm³/mol. The number of aliphatic hydroxyl groups excluding tert-OH is 2. The van der Waals surface area contributed by atoms with E-state index in [0.29, 0.717) is 12.8 Å². The van der Waals surface area contributed by atoms with Crippen molar-refractivity contribution in [1.29, 1.82) is 0 Å². The molecule has 0 amide bonds. The second-order valence-electron chi connectivity index (χ2n) is 13.3. The molecule has 0 aliphatic rings. The topological polar surface area (TPSA) is 149 Å². The van der Waals surface area contributed by atoms with Gasteiger partial charge in [0.05, 0.1) is 19.8 Å². The Hall–Kier alpha value is -1.29. The monoisotopic (exact) mass is 720 g/mol. The summed E-state index contributed by atoms with van der Waals surface area (Å²) in [4.78, 5) is 34.8. The molecule has 290 valence electrons. The maximum absolute atomic E-state index is 12.5. The third-order valence-corrected chi connectivity index (χ3v) is 9.37. The zero-order valence-electron chi connectivity index (χ0n) is 31.2. The molecule has 0 heterocycles. The Balaban J connectivity index is 4.34. The molecule has 0 aromatic rings. The van der Waals surface area contributed by atoms with E-state index in [1.54, 1.807) is 0 Å². The van der Waals surface area contributed by atoms with Gasteiger partial charge in [-0.2, -0.15) is 0 Å². The zero-order valence-corrected chi connectivity index (χ0v) is 32.1. The van der Waals surface area contributed by atoms with Gasteiger partial charge in [0, 0.05) is 12.8 Å². The van der Waals surface area contributed by atoms with Crippen LogP contribution in [0.15, 0.2) is 12.2 Å². The molecule has 11 heteroatoms. The smallest absolute Gasteiger partial charge is 0.462 e. The Morgan fingerprint density at radius 2 is 1.00 bits per heavy atom. The molecule has 3 atom stereocenters. The number of rotatable bonds is 37. The number of phosphoric acid groups is 1. The fourth-order valence-electron chi connectivity index (χ4n) is 5.34. The Kier molecular flexibility index (Phi) is 34.2. The lowest BCUT2D eigenvalue weighted by atomic mass is 10.1. The minimum absolute atomic E-state index is 0.186. The summed E-state index contributed by atoms with van der Waals surface area (Å²) in [5, 5.41) is 18.3. The van der Waals surface area contributed by atoms with E-state index in [4.69, 9.17) is 19.1 Å². The molecule has 0 aromatic heterocycles. The molecule has 0 saturated carbocycles. The fourth-order valence-corrected chi connectivity index (χ4v) is 6.13. The summed E-state index contributed by atoms with van der Waals surface area (Å²) in [6, 6.07) is 0. The van der Waals surface area contributed by atoms with E-state index in [1.165, 1.54) is 96.3 Å². The molecule has 0 rings (SSSR count). The van der Waals surface area contributed by atoms with Crippen molar-refractivity contribution in [2.24, 2.45) is 0 Å². The number of hydrogen-bond donors (Lipinski definition) is 3. The number of hydrogen-bond acceptors (Lipinski definition) is 9. The molecule has 0 aliphatic heterocycles. The molecular weight excluding hydrogens is 647 g/mol. The van der Waals surface area contributed by atoms with Crippen LogP contribution in [0.4, 0.5) is 0 Å². The van der Waals surface area contributed by atoms with E-state index in [9.17, 15) is 24.2 Å². The quantitative estimate of drug-likeness (QED) is 0.0245. The highest BCUT2D eigenvalue weighted by atomic mass is 31.2. The van der Waals surface area contributed by atoms with Crippen LogP contribution in [0.25, 0.3) is 0 Å². The molecule has 0 fully saturated rings. The maximum atomic E-state index is 12.5. The normalized spacial score (nSPS) is 14.1. The predicted octanol–water partition coefficient (Wildman–Crippen LogP) is 9.67. The molecule has 0 radical (unpaired) electrons. The Morgan fingerprint density at radius 1 is 0.592 bits per heavy atom. The van der Waals surface area contributed by atoms with Crippen molar-refractivity contribution in [1.82, 2.24) is 0 Å². The lowest BCUT2D eigenvalue weighted by Gasteiger charge is -2.20. The fraction of sp³-hybridized carbons (Fsp3) is 0.895. The number of unbranched alkanes of at least 4 members (excludes halogenated alkanes) is 21. The number of aliphatic hydroxyl groups is 2. The van der Waals surface area contributed by atoms with E-state index in [0.717, 1.165) is 44.9 Å². The van der Waals surface area contributed by atoms with Crippen LogP contribution >= 0.6 is 7.82 Å². The molecular formula is C38H73O10P. The lowest BCUT2D eigenvalue weighted by molar-refractivity contribution is -0.161. The minimum atomic E-state index is -4.61. The van der Waals surface area contributed by atoms with Crippen molar-refractivity contribution in [2.75, 3.05) is 26.4 Å². The molecule has 3 N–H and O–H groups in total. The molecule has 49 heavy (non-hydrogen) atoms. The van der Waals surface area contributed by atoms with Crippen LogP contribution in [0, 0.1) is 0 Å². The molecule has 0 aromatic carbocycles. The summed E-state index contributed by atoms with van der Waals surface area (Å²) < 4.78 is 32.6. The van der Waals surface area contributed by atoms with Crippen molar-refractivity contribution in [3.8, 4) is 0 Å². The first-order valence-electron chi connectivity index (χ1n) is 19.6. The number of esters is 2. The molecule has 1 unspecified atom stereocenters. The van der Waals surface area contributed by atoms with Gasteiger partial charge in [-0.15, -0.1) is 0 Å². The molecule has 0 aliphatic carbocycles. The first-order valence-corrected chi connectivity index (χ1v) is 21.1. The minimum Gasteiger partial charge on any atom is -0.462 e. The average Bonchev–Trinajstić information content (AvgIpc) is 3.09. The van der Waals surface area contributed by atoms with Gasteiger partial charge in [-0.3, -0.25) is 18.6 Å². The van der Waals surface area contributed by atoms with Crippen LogP contribution in [0.3, 0.4) is 0 Å². The number of phosphoric ester groups is 1. The van der Waals surface area contributed by atoms with Crippen LogP contribution in [-0.2, 0) is 32.7 Å². The summed E-state index contributed by atoms with van der Waals surface area (Å²) >= 11 is 0. The SMILES string of the molecule is CCCCCCCCCC/C=C/CCCCCC(=O)OC[C@H](COP(=O)(O)OC[C@@H](O)CO)OC(=O)CCCCCCCCCCCCC. The number of ether oxygens (including phenoxy) is 2. The van der Waals surface area contributed by atoms with Crippen LogP contribution in [0.5, 0.6) is 0 Å². The van der Waals surface area contributed by atoms with Crippen LogP contribution in [-0.4, -0.2) is 65.7 Å². The van der Waals surface area contributed by atoms with E-state index in [1.807, 2.05) is 0 Å². The van der Waals surface area contributed by atoms with Gasteiger partial charge in [-0.05, 0) is 38.5 Å². The Bertz CT molecular complexity index is 837. The van der Waals surface area contributed by atoms with Gasteiger partial charge >= 0.3 is 19.8 Å². The van der Waals surface area contributed by atoms with E-state index < -0.39 is 51.8 Å². The van der Waals surface area contributed by atoms with Crippen LogP contribution < -0.4 is 0 Å². The maximum Gasteiger partial charge on any atom is 0.472 e. The second-order valence-corrected chi connectivity index (χ2v) is 14.8. The van der Waals surface area contributed by atoms with Gasteiger partial charge in [0.2, 0.25) is 0 Å². The van der Waals surface area contributed by atoms with Gasteiger partial charge < -0.3 is 24.6 Å². The molecule has 0 saturated heterocycles. The number of carbonyl (C=O) groups excluding carboxylic acids is 2. The molecule has 10 nitrogen and oxygen atoms in total. The summed E-state index contributed by atoms with van der Waals surface area (Å²) in [5.74, 6) is -0.938. The van der Waals surface area contributed by atoms with E-state index >= 15 is 0 Å². The summed E-state index contributed by atoms with van der Waals surface area (Å²) in [5.41, 5.74) is 0. The van der Waals surface area contributed by atoms with Crippen molar-refractivity contribution in [3.63, 3.8) is 0 Å². The number of carbonyl (C=O) groups is 2. The standard InChI is InChI=1S/C38H73O10P/c1-3-5-7-9-11-13-15-16-17-18-20-21-23-25-27-29-37(41)45-33-36(34-47-49(43,44)46-32-35(40)31-39)48-38(42)30-28-26-24-22-19-14-12-10-8-6-4-2/h18,20,35-36,39-40H,3-17,19,21-34H2,1-2H3,(H,43,44)/b20-18+/t35-,36+/m0/s1. The largest absolute Gasteiger partial charge is 0.472 e. The molecule has 0 bridgehead atoms. The third kappa shape index (κ3) is 34.9. The van der Waals surface area contributed by atoms with Crippen LogP contribution in [0.1, 0.15) is 181 Å². The first-order chi connectivity index (χ1) is 23.7. The Morgan fingerprint density at radius 3 is 1.49 bits per heavy atom. The van der Waals surface area contributed by atoms with Crippen molar-refractivity contribution >= 4 is 19.8 Å². The van der Waals surface area contributed by atoms with Crippen molar-refractivity contribution < 1.29 is 47.8 Å². The number of allylic oxidation sites excluding steroid dienone is 2. The van der Waals surface area contributed by atoms with Crippen molar-refractivity contribution in [2.45, 2.75) is 193 Å². The van der Waals surface area contributed by atoms with E-state index in [2.05, 4.69) is 30.5 Å². The highest BCUT2D eigenvalue weighted by Crippen LogP contribution is 2.43. The van der Waals surface area contributed by atoms with Crippen LogP contribution in [0.2, 0.25) is 0 Å². The molecule has 0 spiro atoms. The highest BCUT2D eigenvalue weighted by Gasteiger charge is 2.27. The lowest BCUT2D eigenvalue weighted by Crippen LogP contribution is -2.29. The van der Waals surface area contributed by atoms with E-state index in [-0.39, 0.29) is 19.4 Å². The first kappa shape index (κ1) is 47.7. The van der Waals surface area contributed by atoms with Gasteiger partial charge in [-0.25, -0.2) is 4.57 Å². The second kappa shape index (κ2) is 35.1. The third-order valence-electron chi connectivity index (χ3n) is 8.42. The van der Waals surface area contributed by atoms with Crippen molar-refractivity contribution in [3.05, 3.63) is 12.2 Å². The summed E-state index contributed by atoms with van der Waals surface area (Å²) in [6.45, 7) is 2.35. The van der Waals surface area contributed by atoms with Gasteiger partial charge in [-0.1, -0.05) is 142 Å². The highest BCUT2D eigenvalue weighted by molar-refractivity contribution is 7.47. The van der Waals surface area contributed by atoms with Gasteiger partial charge in [0.15, 0.2) is 6.10 Å².